The second-order valence-electron chi connectivity index (χ2n) is 6.99. The molecule has 2 rings (SSSR count). The molecule has 1 aromatic carbocycles. The van der Waals surface area contributed by atoms with Gasteiger partial charge in [0, 0.05) is 17.8 Å². The first-order chi connectivity index (χ1) is 13.1. The van der Waals surface area contributed by atoms with E-state index in [-0.39, 0.29) is 26.1 Å². The summed E-state index contributed by atoms with van der Waals surface area (Å²) in [5, 5.41) is 33.9. The van der Waals surface area contributed by atoms with Crippen molar-refractivity contribution >= 4 is 11.9 Å². The number of rotatable bonds is 6. The molecular formula is C19H25NO8. The van der Waals surface area contributed by atoms with Crippen molar-refractivity contribution < 1.29 is 34.2 Å². The van der Waals surface area contributed by atoms with Crippen LogP contribution in [-0.2, 0) is 19.1 Å². The molecule has 0 saturated heterocycles. The third kappa shape index (κ3) is 3.85. The normalized spacial score (nSPS) is 29.8. The van der Waals surface area contributed by atoms with E-state index in [9.17, 15) is 29.9 Å². The van der Waals surface area contributed by atoms with Crippen molar-refractivity contribution in [3.63, 3.8) is 0 Å². The summed E-state index contributed by atoms with van der Waals surface area (Å²) < 4.78 is 9.69. The molecule has 0 spiro atoms. The molecular weight excluding hydrogens is 370 g/mol. The lowest BCUT2D eigenvalue weighted by Gasteiger charge is -2.44. The standard InChI is InChI=1S/C19H25NO8/c1-4-27-16(21)18(23)10-14(13-8-6-12(3)7-9-13)11-19(24,15(18)20(25)26)17(22)28-5-2/h6-9,14-15,23-24H,4-5,10-11H2,1-3H3/t14?,15?,18-,19+. The Morgan fingerprint density at radius 2 is 1.50 bits per heavy atom. The van der Waals surface area contributed by atoms with Crippen molar-refractivity contribution in [1.82, 2.24) is 0 Å². The van der Waals surface area contributed by atoms with Crippen LogP contribution in [0.15, 0.2) is 24.3 Å². The van der Waals surface area contributed by atoms with Crippen molar-refractivity contribution in [2.24, 2.45) is 0 Å². The highest BCUT2D eigenvalue weighted by Gasteiger charge is 2.71. The second-order valence-corrected chi connectivity index (χ2v) is 6.99. The van der Waals surface area contributed by atoms with Crippen molar-refractivity contribution in [2.75, 3.05) is 13.2 Å². The number of nitrogens with zero attached hydrogens (tertiary/aromatic N) is 1. The summed E-state index contributed by atoms with van der Waals surface area (Å²) in [5.41, 5.74) is -3.81. The molecule has 1 aromatic rings. The van der Waals surface area contributed by atoms with Crippen LogP contribution in [0.25, 0.3) is 0 Å². The van der Waals surface area contributed by atoms with Crippen LogP contribution in [-0.4, -0.2) is 57.5 Å². The van der Waals surface area contributed by atoms with E-state index in [0.717, 1.165) is 5.56 Å². The van der Waals surface area contributed by atoms with Gasteiger partial charge in [0.25, 0.3) is 6.04 Å². The summed E-state index contributed by atoms with van der Waals surface area (Å²) >= 11 is 0. The van der Waals surface area contributed by atoms with E-state index < -0.39 is 40.0 Å². The van der Waals surface area contributed by atoms with E-state index in [4.69, 9.17) is 9.47 Å². The molecule has 2 N–H and O–H groups in total. The van der Waals surface area contributed by atoms with Crippen molar-refractivity contribution in [1.29, 1.82) is 0 Å². The number of aryl methyl sites for hydroxylation is 1. The van der Waals surface area contributed by atoms with Gasteiger partial charge >= 0.3 is 11.9 Å². The maximum atomic E-state index is 12.5. The van der Waals surface area contributed by atoms with Crippen molar-refractivity contribution in [3.8, 4) is 0 Å². The molecule has 0 aromatic heterocycles. The average molecular weight is 395 g/mol. The van der Waals surface area contributed by atoms with Crippen LogP contribution in [0.5, 0.6) is 0 Å². The van der Waals surface area contributed by atoms with Gasteiger partial charge in [0.15, 0.2) is 0 Å². The summed E-state index contributed by atoms with van der Waals surface area (Å²) in [5.74, 6) is -3.21. The van der Waals surface area contributed by atoms with Gasteiger partial charge in [-0.15, -0.1) is 0 Å². The number of carbonyl (C=O) groups excluding carboxylic acids is 2. The molecule has 9 heteroatoms. The second kappa shape index (κ2) is 8.24. The smallest absolute Gasteiger partial charge is 0.345 e. The molecule has 1 aliphatic carbocycles. The fraction of sp³-hybridized carbons (Fsp3) is 0.579. The monoisotopic (exact) mass is 395 g/mol. The van der Waals surface area contributed by atoms with Gasteiger partial charge < -0.3 is 19.7 Å². The highest BCUT2D eigenvalue weighted by Crippen LogP contribution is 2.46. The van der Waals surface area contributed by atoms with Gasteiger partial charge in [0.1, 0.15) is 0 Å². The van der Waals surface area contributed by atoms with Gasteiger partial charge in [-0.1, -0.05) is 29.8 Å². The van der Waals surface area contributed by atoms with Crippen LogP contribution in [0.4, 0.5) is 0 Å². The van der Waals surface area contributed by atoms with Crippen LogP contribution in [0.1, 0.15) is 43.7 Å². The molecule has 0 aliphatic heterocycles. The summed E-state index contributed by atoms with van der Waals surface area (Å²) in [6.45, 7) is 4.59. The third-order valence-corrected chi connectivity index (χ3v) is 5.04. The number of benzene rings is 1. The summed E-state index contributed by atoms with van der Waals surface area (Å²) in [6, 6.07) is 4.72. The van der Waals surface area contributed by atoms with Crippen LogP contribution in [0.3, 0.4) is 0 Å². The molecule has 0 heterocycles. The summed E-state index contributed by atoms with van der Waals surface area (Å²) in [4.78, 5) is 35.7. The fourth-order valence-electron chi connectivity index (χ4n) is 3.77. The Hall–Kier alpha value is -2.52. The molecule has 0 amide bonds. The zero-order chi connectivity index (χ0) is 21.1. The lowest BCUT2D eigenvalue weighted by atomic mass is 9.64. The van der Waals surface area contributed by atoms with Gasteiger partial charge in [0.05, 0.1) is 13.2 Å². The number of carbonyl (C=O) groups is 2. The Kier molecular flexibility index (Phi) is 6.41. The zero-order valence-electron chi connectivity index (χ0n) is 16.1. The highest BCUT2D eigenvalue weighted by atomic mass is 16.6. The fourth-order valence-corrected chi connectivity index (χ4v) is 3.77. The average Bonchev–Trinajstić information content (AvgIpc) is 2.61. The first-order valence-electron chi connectivity index (χ1n) is 9.09. The largest absolute Gasteiger partial charge is 0.464 e. The van der Waals surface area contributed by atoms with Gasteiger partial charge in [-0.05, 0) is 32.3 Å². The SMILES string of the molecule is CCOC(=O)[C@]1(O)CC(c2ccc(C)cc2)C[C@](O)(C(=O)OCC)C1[N+](=O)[O-]. The van der Waals surface area contributed by atoms with E-state index in [0.29, 0.717) is 5.56 Å². The highest BCUT2D eigenvalue weighted by molar-refractivity contribution is 5.86. The number of aliphatic hydroxyl groups is 2. The van der Waals surface area contributed by atoms with E-state index in [1.54, 1.807) is 24.3 Å². The van der Waals surface area contributed by atoms with E-state index in [1.165, 1.54) is 13.8 Å². The Bertz CT molecular complexity index is 715. The molecule has 4 atom stereocenters. The predicted molar refractivity (Wildman–Crippen MR) is 97.1 cm³/mol. The minimum Gasteiger partial charge on any atom is -0.464 e. The number of hydrogen-bond acceptors (Lipinski definition) is 8. The molecule has 28 heavy (non-hydrogen) atoms. The van der Waals surface area contributed by atoms with Gasteiger partial charge in [-0.2, -0.15) is 0 Å². The Morgan fingerprint density at radius 3 is 1.86 bits per heavy atom. The Labute approximate surface area is 162 Å². The van der Waals surface area contributed by atoms with E-state index in [2.05, 4.69) is 0 Å². The lowest BCUT2D eigenvalue weighted by molar-refractivity contribution is -0.566. The van der Waals surface area contributed by atoms with Crippen LogP contribution in [0, 0.1) is 17.0 Å². The predicted octanol–water partition coefficient (Wildman–Crippen LogP) is 1.11. The molecule has 0 radical (unpaired) electrons. The van der Waals surface area contributed by atoms with Crippen LogP contribution < -0.4 is 0 Å². The molecule has 1 fully saturated rings. The maximum absolute atomic E-state index is 12.5. The quantitative estimate of drug-likeness (QED) is 0.415. The third-order valence-electron chi connectivity index (χ3n) is 5.04. The Balaban J connectivity index is 2.60. The van der Waals surface area contributed by atoms with Gasteiger partial charge in [-0.3, -0.25) is 10.1 Å². The van der Waals surface area contributed by atoms with Crippen molar-refractivity contribution in [2.45, 2.75) is 56.8 Å². The topological polar surface area (TPSA) is 136 Å². The zero-order valence-corrected chi connectivity index (χ0v) is 16.1. The lowest BCUT2D eigenvalue weighted by Crippen LogP contribution is -2.70. The summed E-state index contributed by atoms with van der Waals surface area (Å²) in [7, 11) is 0. The molecule has 154 valence electrons. The van der Waals surface area contributed by atoms with E-state index in [1.807, 2.05) is 6.92 Å². The molecule has 0 bridgehead atoms. The molecule has 9 nitrogen and oxygen atoms in total. The van der Waals surface area contributed by atoms with Gasteiger partial charge in [0.2, 0.25) is 11.2 Å². The first-order valence-corrected chi connectivity index (χ1v) is 9.09. The summed E-state index contributed by atoms with van der Waals surface area (Å²) in [6.07, 6.45) is -0.746. The minimum atomic E-state index is -2.70. The number of nitro groups is 1. The first kappa shape index (κ1) is 21.8. The molecule has 1 saturated carbocycles. The minimum absolute atomic E-state index is 0.126. The van der Waals surface area contributed by atoms with Crippen LogP contribution in [0.2, 0.25) is 0 Å². The van der Waals surface area contributed by atoms with Crippen molar-refractivity contribution in [3.05, 3.63) is 45.5 Å². The number of ether oxygens (including phenoxy) is 2. The van der Waals surface area contributed by atoms with Crippen LogP contribution >= 0.6 is 0 Å². The molecule has 1 aliphatic rings. The van der Waals surface area contributed by atoms with E-state index >= 15 is 0 Å². The van der Waals surface area contributed by atoms with Gasteiger partial charge in [-0.25, -0.2) is 9.59 Å². The Morgan fingerprint density at radius 1 is 1.07 bits per heavy atom. The number of esters is 2. The maximum Gasteiger partial charge on any atom is 0.345 e. The molecule has 2 unspecified atom stereocenters. The number of hydrogen-bond donors (Lipinski definition) is 2.